The maximum Gasteiger partial charge on any atom is 0.241 e. The van der Waals surface area contributed by atoms with Crippen molar-refractivity contribution < 1.29 is 4.52 Å². The first-order valence-electron chi connectivity index (χ1n) is 7.23. The van der Waals surface area contributed by atoms with Crippen molar-refractivity contribution in [3.05, 3.63) is 35.2 Å². The van der Waals surface area contributed by atoms with E-state index in [-0.39, 0.29) is 0 Å². The second kappa shape index (κ2) is 6.56. The van der Waals surface area contributed by atoms with Gasteiger partial charge in [-0.25, -0.2) is 0 Å². The zero-order valence-electron chi connectivity index (χ0n) is 12.1. The molecule has 1 aliphatic heterocycles. The molecule has 1 aromatic heterocycles. The van der Waals surface area contributed by atoms with Gasteiger partial charge in [-0.1, -0.05) is 28.9 Å². The van der Waals surface area contributed by atoms with Crippen molar-refractivity contribution in [2.45, 2.75) is 25.4 Å². The molecule has 1 fully saturated rings. The van der Waals surface area contributed by atoms with Crippen LogP contribution in [0.2, 0.25) is 5.02 Å². The van der Waals surface area contributed by atoms with Crippen LogP contribution in [0, 0.1) is 0 Å². The molecule has 0 radical (unpaired) electrons. The van der Waals surface area contributed by atoms with Gasteiger partial charge in [0.1, 0.15) is 0 Å². The van der Waals surface area contributed by atoms with Gasteiger partial charge in [-0.05, 0) is 38.6 Å². The third kappa shape index (κ3) is 3.43. The fraction of sp³-hybridized carbons (Fsp3) is 0.467. The molecule has 0 saturated carbocycles. The molecule has 1 aliphatic rings. The Morgan fingerprint density at radius 2 is 2.38 bits per heavy atom. The van der Waals surface area contributed by atoms with E-state index < -0.39 is 0 Å². The van der Waals surface area contributed by atoms with Gasteiger partial charge in [-0.3, -0.25) is 4.90 Å². The summed E-state index contributed by atoms with van der Waals surface area (Å²) >= 11 is 5.99. The fourth-order valence-electron chi connectivity index (χ4n) is 2.81. The van der Waals surface area contributed by atoms with E-state index in [1.807, 2.05) is 31.3 Å². The summed E-state index contributed by atoms with van der Waals surface area (Å²) in [4.78, 5) is 6.88. The zero-order valence-corrected chi connectivity index (χ0v) is 12.8. The van der Waals surface area contributed by atoms with E-state index in [1.54, 1.807) is 0 Å². The highest BCUT2D eigenvalue weighted by atomic mass is 35.5. The number of benzene rings is 1. The third-order valence-electron chi connectivity index (χ3n) is 3.83. The maximum atomic E-state index is 5.99. The minimum absolute atomic E-state index is 0.552. The maximum absolute atomic E-state index is 5.99. The summed E-state index contributed by atoms with van der Waals surface area (Å²) in [5.41, 5.74) is 0.880. The summed E-state index contributed by atoms with van der Waals surface area (Å²) in [5.74, 6) is 1.25. The fourth-order valence-corrected chi connectivity index (χ4v) is 3.00. The highest BCUT2D eigenvalue weighted by Gasteiger charge is 2.25. The van der Waals surface area contributed by atoms with Crippen molar-refractivity contribution in [3.63, 3.8) is 0 Å². The minimum atomic E-state index is 0.552. The average Bonchev–Trinajstić information content (AvgIpc) is 3.10. The van der Waals surface area contributed by atoms with Crippen LogP contribution >= 0.6 is 11.6 Å². The lowest BCUT2D eigenvalue weighted by Gasteiger charge is -2.22. The number of halogens is 1. The second-order valence-corrected chi connectivity index (χ2v) is 5.78. The molecule has 2 aromatic rings. The molecule has 1 atom stereocenters. The number of hydrogen-bond donors (Lipinski definition) is 1. The van der Waals surface area contributed by atoms with E-state index in [0.717, 1.165) is 18.7 Å². The lowest BCUT2D eigenvalue weighted by molar-refractivity contribution is 0.209. The largest absolute Gasteiger partial charge is 0.338 e. The summed E-state index contributed by atoms with van der Waals surface area (Å²) in [5, 5.41) is 7.97. The van der Waals surface area contributed by atoms with Crippen molar-refractivity contribution in [3.8, 4) is 11.4 Å². The van der Waals surface area contributed by atoms with Gasteiger partial charge >= 0.3 is 0 Å². The van der Waals surface area contributed by atoms with Gasteiger partial charge in [0.15, 0.2) is 0 Å². The molecule has 0 amide bonds. The Bertz CT molecular complexity index is 601. The average molecular weight is 307 g/mol. The minimum Gasteiger partial charge on any atom is -0.338 e. The summed E-state index contributed by atoms with van der Waals surface area (Å²) in [6, 6.07) is 8.04. The molecule has 0 aliphatic carbocycles. The summed E-state index contributed by atoms with van der Waals surface area (Å²) in [6.45, 7) is 2.79. The number of nitrogens with one attached hydrogen (secondary N) is 1. The number of hydrogen-bond acceptors (Lipinski definition) is 5. The van der Waals surface area contributed by atoms with Gasteiger partial charge in [0.25, 0.3) is 0 Å². The topological polar surface area (TPSA) is 54.2 Å². The van der Waals surface area contributed by atoms with Gasteiger partial charge in [-0.15, -0.1) is 0 Å². The molecular weight excluding hydrogens is 288 g/mol. The Morgan fingerprint density at radius 3 is 3.19 bits per heavy atom. The van der Waals surface area contributed by atoms with Crippen LogP contribution in [0.3, 0.4) is 0 Å². The smallest absolute Gasteiger partial charge is 0.241 e. The first-order valence-corrected chi connectivity index (χ1v) is 7.61. The Balaban J connectivity index is 1.70. The molecule has 0 bridgehead atoms. The number of rotatable bonds is 5. The van der Waals surface area contributed by atoms with Crippen molar-refractivity contribution in [1.82, 2.24) is 20.4 Å². The monoisotopic (exact) mass is 306 g/mol. The summed E-state index contributed by atoms with van der Waals surface area (Å²) in [6.07, 6.45) is 2.44. The van der Waals surface area contributed by atoms with Crippen molar-refractivity contribution in [2.75, 3.05) is 20.1 Å². The Labute approximate surface area is 129 Å². The first kappa shape index (κ1) is 14.5. The first-order chi connectivity index (χ1) is 10.3. The second-order valence-electron chi connectivity index (χ2n) is 5.35. The third-order valence-corrected chi connectivity index (χ3v) is 4.06. The van der Waals surface area contributed by atoms with Gasteiger partial charge in [0.05, 0.1) is 6.54 Å². The standard InChI is InChI=1S/C15H19ClN4O/c1-17-9-13-6-3-7-20(13)10-14-18-15(19-21-14)11-4-2-5-12(16)8-11/h2,4-5,8,13,17H,3,6-7,9-10H2,1H3. The highest BCUT2D eigenvalue weighted by molar-refractivity contribution is 6.30. The molecular formula is C15H19ClN4O. The highest BCUT2D eigenvalue weighted by Crippen LogP contribution is 2.22. The van der Waals surface area contributed by atoms with Crippen LogP contribution in [0.15, 0.2) is 28.8 Å². The Morgan fingerprint density at radius 1 is 1.48 bits per heavy atom. The quantitative estimate of drug-likeness (QED) is 0.920. The van der Waals surface area contributed by atoms with Crippen molar-refractivity contribution in [2.24, 2.45) is 0 Å². The van der Waals surface area contributed by atoms with Crippen LogP contribution in [-0.2, 0) is 6.54 Å². The Kier molecular flexibility index (Phi) is 4.53. The van der Waals surface area contributed by atoms with Crippen molar-refractivity contribution in [1.29, 1.82) is 0 Å². The van der Waals surface area contributed by atoms with Crippen LogP contribution in [0.25, 0.3) is 11.4 Å². The lowest BCUT2D eigenvalue weighted by Crippen LogP contribution is -2.36. The van der Waals surface area contributed by atoms with E-state index >= 15 is 0 Å². The number of likely N-dealkylation sites (N-methyl/N-ethyl adjacent to an activating group) is 1. The number of aromatic nitrogens is 2. The van der Waals surface area contributed by atoms with E-state index in [2.05, 4.69) is 20.4 Å². The molecule has 1 aromatic carbocycles. The molecule has 2 heterocycles. The molecule has 1 unspecified atom stereocenters. The van der Waals surface area contributed by atoms with Gasteiger partial charge < -0.3 is 9.84 Å². The SMILES string of the molecule is CNCC1CCCN1Cc1nc(-c2cccc(Cl)c2)no1. The summed E-state index contributed by atoms with van der Waals surface area (Å²) in [7, 11) is 1.99. The van der Waals surface area contributed by atoms with E-state index in [1.165, 1.54) is 12.8 Å². The molecule has 112 valence electrons. The van der Waals surface area contributed by atoms with Crippen LogP contribution in [0.5, 0.6) is 0 Å². The number of nitrogens with zero attached hydrogens (tertiary/aromatic N) is 3. The summed E-state index contributed by atoms with van der Waals surface area (Å²) < 4.78 is 5.38. The predicted octanol–water partition coefficient (Wildman–Crippen LogP) is 2.57. The van der Waals surface area contributed by atoms with Gasteiger partial charge in [-0.2, -0.15) is 4.98 Å². The van der Waals surface area contributed by atoms with E-state index in [9.17, 15) is 0 Å². The van der Waals surface area contributed by atoms with E-state index in [4.69, 9.17) is 16.1 Å². The molecule has 1 saturated heterocycles. The molecule has 0 spiro atoms. The van der Waals surface area contributed by atoms with Gasteiger partial charge in [0, 0.05) is 23.2 Å². The zero-order chi connectivity index (χ0) is 14.7. The number of likely N-dealkylation sites (tertiary alicyclic amines) is 1. The van der Waals surface area contributed by atoms with Crippen molar-refractivity contribution >= 4 is 11.6 Å². The van der Waals surface area contributed by atoms with Gasteiger partial charge in [0.2, 0.25) is 11.7 Å². The van der Waals surface area contributed by atoms with Crippen LogP contribution in [-0.4, -0.2) is 41.2 Å². The molecule has 3 rings (SSSR count). The predicted molar refractivity (Wildman–Crippen MR) is 82.1 cm³/mol. The molecule has 5 nitrogen and oxygen atoms in total. The van der Waals surface area contributed by atoms with Crippen LogP contribution in [0.4, 0.5) is 0 Å². The molecule has 6 heteroatoms. The lowest BCUT2D eigenvalue weighted by atomic mass is 10.2. The molecule has 21 heavy (non-hydrogen) atoms. The molecule has 1 N–H and O–H groups in total. The van der Waals surface area contributed by atoms with Crippen LogP contribution in [0.1, 0.15) is 18.7 Å². The normalized spacial score (nSPS) is 19.2. The Hall–Kier alpha value is -1.43. The van der Waals surface area contributed by atoms with Crippen LogP contribution < -0.4 is 5.32 Å². The van der Waals surface area contributed by atoms with E-state index in [0.29, 0.717) is 29.3 Å².